The second kappa shape index (κ2) is 18.7. The molecule has 5 nitrogen and oxygen atoms in total. The second-order valence-electron chi connectivity index (χ2n) is 7.46. The number of carbonyl (C=O) groups excluding carboxylic acids is 1. The number of halogens is 1. The van der Waals surface area contributed by atoms with Crippen LogP contribution < -0.4 is 0 Å². The zero-order valence-electron chi connectivity index (χ0n) is 18.8. The van der Waals surface area contributed by atoms with Crippen LogP contribution in [0.1, 0.15) is 59.3 Å². The van der Waals surface area contributed by atoms with E-state index in [1.165, 1.54) is 6.08 Å². The molecule has 172 valence electrons. The van der Waals surface area contributed by atoms with Crippen molar-refractivity contribution >= 4 is 17.5 Å². The zero-order chi connectivity index (χ0) is 23.5. The quantitative estimate of drug-likeness (QED) is 0.133. The van der Waals surface area contributed by atoms with Gasteiger partial charge < -0.3 is 10.2 Å². The van der Waals surface area contributed by atoms with Gasteiger partial charge in [0.15, 0.2) is 0 Å². The molecule has 3 atom stereocenters. The summed E-state index contributed by atoms with van der Waals surface area (Å²) in [6.45, 7) is 5.97. The first kappa shape index (κ1) is 28.9. The molecular formula is C25H36ClNO4. The van der Waals surface area contributed by atoms with Gasteiger partial charge in [-0.2, -0.15) is 0 Å². The number of nitrogens with zero attached hydrogens (tertiary/aromatic N) is 1. The van der Waals surface area contributed by atoms with E-state index >= 15 is 0 Å². The van der Waals surface area contributed by atoms with Gasteiger partial charge in [0.25, 0.3) is 0 Å². The Bertz CT molecular complexity index is 704. The summed E-state index contributed by atoms with van der Waals surface area (Å²) in [5.41, 5.74) is 0.961. The fraction of sp³-hybridized carbons (Fsp3) is 0.480. The van der Waals surface area contributed by atoms with E-state index in [4.69, 9.17) is 11.6 Å². The molecule has 0 aromatic heterocycles. The van der Waals surface area contributed by atoms with Gasteiger partial charge in [-0.25, -0.2) is 0 Å². The van der Waals surface area contributed by atoms with E-state index in [0.717, 1.165) is 35.9 Å². The van der Waals surface area contributed by atoms with Crippen molar-refractivity contribution in [3.05, 3.63) is 76.3 Å². The number of hydrogen-bond acceptors (Lipinski definition) is 4. The van der Waals surface area contributed by atoms with Crippen molar-refractivity contribution in [1.82, 2.24) is 0 Å². The Morgan fingerprint density at radius 3 is 2.35 bits per heavy atom. The molecule has 0 aromatic carbocycles. The lowest BCUT2D eigenvalue weighted by atomic mass is 9.98. The highest BCUT2D eigenvalue weighted by Crippen LogP contribution is 2.22. The first-order chi connectivity index (χ1) is 14.8. The molecule has 2 N–H and O–H groups in total. The number of aliphatic hydroxyl groups excluding tert-OH is 2. The average Bonchev–Trinajstić information content (AvgIpc) is 2.75. The molecule has 0 radical (unpaired) electrons. The van der Waals surface area contributed by atoms with Gasteiger partial charge in [-0.1, -0.05) is 79.6 Å². The Labute approximate surface area is 191 Å². The lowest BCUT2D eigenvalue weighted by molar-refractivity contribution is -0.113. The van der Waals surface area contributed by atoms with Crippen molar-refractivity contribution in [3.8, 4) is 0 Å². The fourth-order valence-electron chi connectivity index (χ4n) is 2.63. The van der Waals surface area contributed by atoms with Crippen molar-refractivity contribution in [3.63, 3.8) is 0 Å². The van der Waals surface area contributed by atoms with Crippen LogP contribution in [0.25, 0.3) is 0 Å². The van der Waals surface area contributed by atoms with Crippen LogP contribution in [0, 0.1) is 10.8 Å². The summed E-state index contributed by atoms with van der Waals surface area (Å²) in [7, 11) is 0. The number of hydrogen-bond donors (Lipinski definition) is 2. The van der Waals surface area contributed by atoms with Crippen LogP contribution in [-0.2, 0) is 4.79 Å². The summed E-state index contributed by atoms with van der Waals surface area (Å²) in [5, 5.41) is 22.9. The van der Waals surface area contributed by atoms with Crippen LogP contribution >= 0.6 is 11.6 Å². The lowest BCUT2D eigenvalue weighted by Gasteiger charge is -2.15. The van der Waals surface area contributed by atoms with Crippen LogP contribution in [0.5, 0.6) is 0 Å². The third kappa shape index (κ3) is 17.3. The number of rotatable bonds is 15. The third-order valence-electron chi connectivity index (χ3n) is 4.56. The predicted octanol–water partition coefficient (Wildman–Crippen LogP) is 6.29. The van der Waals surface area contributed by atoms with Crippen LogP contribution in [0.4, 0.5) is 0 Å². The summed E-state index contributed by atoms with van der Waals surface area (Å²) in [6, 6.07) is 0. The fourth-order valence-corrected chi connectivity index (χ4v) is 2.81. The molecule has 0 aliphatic heterocycles. The number of allylic oxidation sites excluding steroid dienone is 10. The number of nitroso groups, excluding NO2 is 1. The molecule has 0 fully saturated rings. The molecule has 0 aliphatic rings. The lowest BCUT2D eigenvalue weighted by Crippen LogP contribution is -2.10. The van der Waals surface area contributed by atoms with Crippen LogP contribution in [0.15, 0.2) is 76.5 Å². The normalized spacial score (nSPS) is 16.6. The second-order valence-corrected chi connectivity index (χ2v) is 7.90. The highest BCUT2D eigenvalue weighted by Gasteiger charge is 2.11. The van der Waals surface area contributed by atoms with Crippen molar-refractivity contribution < 1.29 is 15.0 Å². The topological polar surface area (TPSA) is 87.0 Å². The monoisotopic (exact) mass is 449 g/mol. The molecule has 0 saturated heterocycles. The molecule has 6 heteroatoms. The van der Waals surface area contributed by atoms with E-state index in [0.29, 0.717) is 19.3 Å². The van der Waals surface area contributed by atoms with Crippen LogP contribution in [-0.4, -0.2) is 28.3 Å². The number of amides is 1. The summed E-state index contributed by atoms with van der Waals surface area (Å²) in [5.74, 6) is -0.663. The summed E-state index contributed by atoms with van der Waals surface area (Å²) in [4.78, 5) is 20.6. The Balaban J connectivity index is 4.30. The largest absolute Gasteiger partial charge is 0.393 e. The van der Waals surface area contributed by atoms with Crippen molar-refractivity contribution in [2.75, 3.05) is 0 Å². The molecule has 0 aromatic rings. The summed E-state index contributed by atoms with van der Waals surface area (Å²) in [6.07, 6.45) is 20.9. The SMILES string of the molecule is CC/C=C/[C@@H](O)CCCC(O)CC[C@H](C)/C(Cl)=C/C=C/C=C(C)/C=C/C=C/C(=O)N=O. The number of carbonyl (C=O) groups is 1. The van der Waals surface area contributed by atoms with Gasteiger partial charge in [-0.05, 0) is 57.4 Å². The highest BCUT2D eigenvalue weighted by molar-refractivity contribution is 6.29. The number of aliphatic hydroxyl groups is 2. The molecule has 0 bridgehead atoms. The molecule has 1 unspecified atom stereocenters. The highest BCUT2D eigenvalue weighted by atomic mass is 35.5. The van der Waals surface area contributed by atoms with Gasteiger partial charge >= 0.3 is 5.91 Å². The molecule has 0 spiro atoms. The van der Waals surface area contributed by atoms with E-state index in [1.807, 2.05) is 57.2 Å². The Kier molecular flexibility index (Phi) is 17.4. The van der Waals surface area contributed by atoms with E-state index in [9.17, 15) is 19.9 Å². The molecule has 0 heterocycles. The van der Waals surface area contributed by atoms with E-state index < -0.39 is 12.0 Å². The maximum atomic E-state index is 10.7. The van der Waals surface area contributed by atoms with E-state index in [1.54, 1.807) is 12.2 Å². The molecule has 0 rings (SSSR count). The van der Waals surface area contributed by atoms with Gasteiger partial charge in [0.05, 0.1) is 12.2 Å². The van der Waals surface area contributed by atoms with Crippen molar-refractivity contribution in [2.24, 2.45) is 11.1 Å². The minimum absolute atomic E-state index is 0.151. The molecular weight excluding hydrogens is 414 g/mol. The smallest absolute Gasteiger partial charge is 0.309 e. The van der Waals surface area contributed by atoms with Crippen molar-refractivity contribution in [1.29, 1.82) is 0 Å². The zero-order valence-corrected chi connectivity index (χ0v) is 19.5. The minimum Gasteiger partial charge on any atom is -0.393 e. The standard InChI is InChI=1S/C25H36ClNO4/c1-4-5-13-22(28)14-10-15-23(29)19-18-21(3)24(26)16-8-6-11-20(2)12-7-9-17-25(30)27-31/h5-9,11-13,16-17,21-23,28-29H,4,10,14-15,18-19H2,1-3H3/b8-6+,12-7+,13-5+,17-9+,20-11+,24-16-/t21-,22+,23?/m0/s1. The first-order valence-electron chi connectivity index (χ1n) is 10.8. The predicted molar refractivity (Wildman–Crippen MR) is 130 cm³/mol. The van der Waals surface area contributed by atoms with Crippen LogP contribution in [0.3, 0.4) is 0 Å². The van der Waals surface area contributed by atoms with E-state index in [-0.39, 0.29) is 12.0 Å². The van der Waals surface area contributed by atoms with Gasteiger partial charge in [0.2, 0.25) is 0 Å². The molecule has 1 amide bonds. The summed E-state index contributed by atoms with van der Waals surface area (Å²) >= 11 is 6.35. The average molecular weight is 450 g/mol. The van der Waals surface area contributed by atoms with E-state index in [2.05, 4.69) is 5.18 Å². The Morgan fingerprint density at radius 1 is 1.00 bits per heavy atom. The maximum Gasteiger partial charge on any atom is 0.309 e. The van der Waals surface area contributed by atoms with Gasteiger partial charge in [-0.15, -0.1) is 4.91 Å². The van der Waals surface area contributed by atoms with Gasteiger partial charge in [0.1, 0.15) is 0 Å². The Morgan fingerprint density at radius 2 is 1.68 bits per heavy atom. The van der Waals surface area contributed by atoms with Crippen LogP contribution in [0.2, 0.25) is 0 Å². The summed E-state index contributed by atoms with van der Waals surface area (Å²) < 4.78 is 0. The maximum absolute atomic E-state index is 10.7. The molecule has 0 aliphatic carbocycles. The third-order valence-corrected chi connectivity index (χ3v) is 5.06. The van der Waals surface area contributed by atoms with Crippen molar-refractivity contribution in [2.45, 2.75) is 71.5 Å². The Hall–Kier alpha value is -2.08. The first-order valence-corrected chi connectivity index (χ1v) is 11.1. The van der Waals surface area contributed by atoms with Gasteiger partial charge in [-0.3, -0.25) is 4.79 Å². The molecule has 0 saturated carbocycles. The van der Waals surface area contributed by atoms with Gasteiger partial charge in [0, 0.05) is 16.3 Å². The molecule has 31 heavy (non-hydrogen) atoms. The minimum atomic E-state index is -0.814.